The predicted molar refractivity (Wildman–Crippen MR) is 93.8 cm³/mol. The van der Waals surface area contributed by atoms with Gasteiger partial charge in [0.25, 0.3) is 17.3 Å². The van der Waals surface area contributed by atoms with Gasteiger partial charge in [0.2, 0.25) is 5.91 Å². The Bertz CT molecular complexity index is 659. The number of nitrogens with one attached hydrogen (secondary N) is 2. The number of nitro groups is 2. The largest absolute Gasteiger partial charge is 0.354 e. The molecule has 1 aromatic carbocycles. The Kier molecular flexibility index (Phi) is 8.13. The molecule has 0 unspecified atom stereocenters. The van der Waals surface area contributed by atoms with Crippen LogP contribution in [-0.4, -0.2) is 34.2 Å². The van der Waals surface area contributed by atoms with Crippen LogP contribution in [0.2, 0.25) is 0 Å². The molecule has 1 atom stereocenters. The van der Waals surface area contributed by atoms with E-state index >= 15 is 0 Å². The predicted octanol–water partition coefficient (Wildman–Crippen LogP) is 2.32. The molecule has 10 heteroatoms. The van der Waals surface area contributed by atoms with Crippen LogP contribution in [0.1, 0.15) is 49.9 Å². The summed E-state index contributed by atoms with van der Waals surface area (Å²) in [6.45, 7) is 4.03. The van der Waals surface area contributed by atoms with Gasteiger partial charge in [-0.3, -0.25) is 29.8 Å². The zero-order chi connectivity index (χ0) is 19.7. The van der Waals surface area contributed by atoms with Crippen molar-refractivity contribution >= 4 is 23.2 Å². The van der Waals surface area contributed by atoms with Gasteiger partial charge < -0.3 is 10.6 Å². The number of non-ortho nitro benzene ring substituents is 2. The van der Waals surface area contributed by atoms with Crippen molar-refractivity contribution in [3.63, 3.8) is 0 Å². The van der Waals surface area contributed by atoms with Gasteiger partial charge in [-0.15, -0.1) is 0 Å². The molecule has 0 aliphatic carbocycles. The molecule has 10 nitrogen and oxygen atoms in total. The average Bonchev–Trinajstić information content (AvgIpc) is 2.60. The molecule has 0 saturated heterocycles. The third-order valence-corrected chi connectivity index (χ3v) is 3.66. The number of nitrogens with zero attached hydrogens (tertiary/aromatic N) is 2. The molecule has 0 aliphatic rings. The number of unbranched alkanes of at least 4 members (excludes halogenated alkanes) is 3. The van der Waals surface area contributed by atoms with Crippen LogP contribution in [-0.2, 0) is 4.79 Å². The van der Waals surface area contributed by atoms with Crippen LogP contribution in [0.4, 0.5) is 11.4 Å². The molecule has 0 aromatic heterocycles. The van der Waals surface area contributed by atoms with E-state index in [9.17, 15) is 29.8 Å². The number of hydrogen-bond acceptors (Lipinski definition) is 6. The first kappa shape index (κ1) is 21.0. The van der Waals surface area contributed by atoms with E-state index in [2.05, 4.69) is 17.6 Å². The molecule has 2 amide bonds. The van der Waals surface area contributed by atoms with E-state index < -0.39 is 39.1 Å². The highest BCUT2D eigenvalue weighted by Crippen LogP contribution is 2.22. The highest BCUT2D eigenvalue weighted by atomic mass is 16.6. The van der Waals surface area contributed by atoms with Crippen LogP contribution < -0.4 is 10.6 Å². The Labute approximate surface area is 150 Å². The second-order valence-electron chi connectivity index (χ2n) is 5.80. The number of amides is 2. The highest BCUT2D eigenvalue weighted by molar-refractivity contribution is 5.98. The molecule has 0 fully saturated rings. The molecule has 142 valence electrons. The van der Waals surface area contributed by atoms with E-state index in [1.165, 1.54) is 6.92 Å². The van der Waals surface area contributed by atoms with Gasteiger partial charge in [-0.2, -0.15) is 0 Å². The molecule has 1 aromatic rings. The summed E-state index contributed by atoms with van der Waals surface area (Å²) in [6, 6.07) is 1.74. The molecule has 26 heavy (non-hydrogen) atoms. The summed E-state index contributed by atoms with van der Waals surface area (Å²) >= 11 is 0. The summed E-state index contributed by atoms with van der Waals surface area (Å²) in [5.74, 6) is -1.19. The molecular weight excluding hydrogens is 344 g/mol. The second kappa shape index (κ2) is 10.1. The quantitative estimate of drug-likeness (QED) is 0.369. The summed E-state index contributed by atoms with van der Waals surface area (Å²) in [5.41, 5.74) is -1.40. The summed E-state index contributed by atoms with van der Waals surface area (Å²) < 4.78 is 0. The number of nitro benzene ring substituents is 2. The third kappa shape index (κ3) is 6.46. The zero-order valence-corrected chi connectivity index (χ0v) is 14.7. The SMILES string of the molecule is CCCCCCNC(=O)[C@H](C)NC(=O)c1cc([N+](=O)[O-])cc([N+](=O)[O-])c1. The van der Waals surface area contributed by atoms with Crippen molar-refractivity contribution in [2.45, 2.75) is 45.6 Å². The van der Waals surface area contributed by atoms with Gasteiger partial charge in [-0.1, -0.05) is 26.2 Å². The van der Waals surface area contributed by atoms with Crippen molar-refractivity contribution in [1.82, 2.24) is 10.6 Å². The first-order valence-electron chi connectivity index (χ1n) is 8.28. The van der Waals surface area contributed by atoms with Crippen molar-refractivity contribution in [2.24, 2.45) is 0 Å². The third-order valence-electron chi connectivity index (χ3n) is 3.66. The fourth-order valence-electron chi connectivity index (χ4n) is 2.20. The number of carbonyl (C=O) groups is 2. The maximum Gasteiger partial charge on any atom is 0.277 e. The number of hydrogen-bond donors (Lipinski definition) is 2. The zero-order valence-electron chi connectivity index (χ0n) is 14.7. The second-order valence-corrected chi connectivity index (χ2v) is 5.80. The Hall–Kier alpha value is -3.04. The van der Waals surface area contributed by atoms with Gasteiger partial charge in [-0.25, -0.2) is 0 Å². The first-order chi connectivity index (χ1) is 12.3. The summed E-state index contributed by atoms with van der Waals surface area (Å²) in [4.78, 5) is 44.2. The minimum absolute atomic E-state index is 0.256. The molecule has 0 aliphatic heterocycles. The topological polar surface area (TPSA) is 144 Å². The minimum atomic E-state index is -0.882. The van der Waals surface area contributed by atoms with Crippen LogP contribution in [0.5, 0.6) is 0 Å². The highest BCUT2D eigenvalue weighted by Gasteiger charge is 2.22. The number of carbonyl (C=O) groups excluding carboxylic acids is 2. The molecule has 0 bridgehead atoms. The lowest BCUT2D eigenvalue weighted by Crippen LogP contribution is -2.45. The van der Waals surface area contributed by atoms with Crippen molar-refractivity contribution in [1.29, 1.82) is 0 Å². The molecule has 1 rings (SSSR count). The van der Waals surface area contributed by atoms with Crippen LogP contribution in [0, 0.1) is 20.2 Å². The van der Waals surface area contributed by atoms with Crippen LogP contribution in [0.15, 0.2) is 18.2 Å². The maximum absolute atomic E-state index is 12.2. The van der Waals surface area contributed by atoms with Crippen molar-refractivity contribution in [3.8, 4) is 0 Å². The number of rotatable bonds is 10. The molecule has 0 saturated carbocycles. The maximum atomic E-state index is 12.2. The van der Waals surface area contributed by atoms with Crippen molar-refractivity contribution in [3.05, 3.63) is 44.0 Å². The lowest BCUT2D eigenvalue weighted by molar-refractivity contribution is -0.394. The fourth-order valence-corrected chi connectivity index (χ4v) is 2.20. The molecule has 2 N–H and O–H groups in total. The van der Waals surface area contributed by atoms with E-state index in [0.717, 1.165) is 43.9 Å². The smallest absolute Gasteiger partial charge is 0.277 e. The Morgan fingerprint density at radius 3 is 2.12 bits per heavy atom. The van der Waals surface area contributed by atoms with Gasteiger partial charge in [0.05, 0.1) is 21.5 Å². The monoisotopic (exact) mass is 366 g/mol. The molecule has 0 spiro atoms. The van der Waals surface area contributed by atoms with Gasteiger partial charge >= 0.3 is 0 Å². The van der Waals surface area contributed by atoms with Gasteiger partial charge in [0, 0.05) is 18.7 Å². The lowest BCUT2D eigenvalue weighted by atomic mass is 10.1. The van der Waals surface area contributed by atoms with E-state index in [-0.39, 0.29) is 5.56 Å². The van der Waals surface area contributed by atoms with E-state index in [4.69, 9.17) is 0 Å². The van der Waals surface area contributed by atoms with Gasteiger partial charge in [-0.05, 0) is 13.3 Å². The molecule has 0 heterocycles. The Morgan fingerprint density at radius 2 is 1.62 bits per heavy atom. The summed E-state index contributed by atoms with van der Waals surface area (Å²) in [7, 11) is 0. The van der Waals surface area contributed by atoms with Gasteiger partial charge in [0.1, 0.15) is 6.04 Å². The minimum Gasteiger partial charge on any atom is -0.354 e. The average molecular weight is 366 g/mol. The van der Waals surface area contributed by atoms with Crippen LogP contribution >= 0.6 is 0 Å². The molecule has 0 radical (unpaired) electrons. The van der Waals surface area contributed by atoms with Crippen molar-refractivity contribution in [2.75, 3.05) is 6.54 Å². The molecular formula is C16H22N4O6. The van der Waals surface area contributed by atoms with E-state index in [1.807, 2.05) is 0 Å². The lowest BCUT2D eigenvalue weighted by Gasteiger charge is -2.14. The summed E-state index contributed by atoms with van der Waals surface area (Å²) in [6.07, 6.45) is 3.98. The fraction of sp³-hybridized carbons (Fsp3) is 0.500. The van der Waals surface area contributed by atoms with E-state index in [1.54, 1.807) is 0 Å². The standard InChI is InChI=1S/C16H22N4O6/c1-3-4-5-6-7-17-15(21)11(2)18-16(22)12-8-13(19(23)24)10-14(9-12)20(25)26/h8-11H,3-7H2,1-2H3,(H,17,21)(H,18,22)/t11-/m0/s1. The van der Waals surface area contributed by atoms with Crippen LogP contribution in [0.3, 0.4) is 0 Å². The first-order valence-corrected chi connectivity index (χ1v) is 8.28. The van der Waals surface area contributed by atoms with Crippen molar-refractivity contribution < 1.29 is 19.4 Å². The Morgan fingerprint density at radius 1 is 1.04 bits per heavy atom. The normalized spacial score (nSPS) is 11.5. The van der Waals surface area contributed by atoms with Gasteiger partial charge in [0.15, 0.2) is 0 Å². The summed E-state index contributed by atoms with van der Waals surface area (Å²) in [5, 5.41) is 26.8. The van der Waals surface area contributed by atoms with Crippen LogP contribution in [0.25, 0.3) is 0 Å². The number of benzene rings is 1. The van der Waals surface area contributed by atoms with E-state index in [0.29, 0.717) is 6.54 Å². The Balaban J connectivity index is 2.72.